The third-order valence-electron chi connectivity index (χ3n) is 2.49. The number of H-pyrrole nitrogens is 1. The number of hydrogen-bond acceptors (Lipinski definition) is 5. The summed E-state index contributed by atoms with van der Waals surface area (Å²) in [7, 11) is 0. The molecule has 0 aliphatic rings. The van der Waals surface area contributed by atoms with Gasteiger partial charge in [0, 0.05) is 6.54 Å². The molecule has 0 atom stereocenters. The summed E-state index contributed by atoms with van der Waals surface area (Å²) >= 11 is 1.38. The number of aromatic amines is 1. The highest BCUT2D eigenvalue weighted by molar-refractivity contribution is 7.98. The van der Waals surface area contributed by atoms with Crippen molar-refractivity contribution in [3.8, 4) is 0 Å². The largest absolute Gasteiger partial charge is 0.343 e. The monoisotopic (exact) mass is 286 g/mol. The molecule has 0 radical (unpaired) electrons. The molecule has 0 aliphatic heterocycles. The molecule has 19 heavy (non-hydrogen) atoms. The fourth-order valence-electron chi connectivity index (χ4n) is 1.63. The van der Waals surface area contributed by atoms with Gasteiger partial charge in [-0.3, -0.25) is 4.57 Å². The molecule has 104 valence electrons. The van der Waals surface area contributed by atoms with Crippen LogP contribution in [0.3, 0.4) is 0 Å². The molecule has 0 bridgehead atoms. The molecule has 0 aromatic carbocycles. The van der Waals surface area contributed by atoms with Gasteiger partial charge in [-0.05, 0) is 6.42 Å². The second-order valence-electron chi connectivity index (χ2n) is 3.84. The van der Waals surface area contributed by atoms with E-state index < -0.39 is 6.67 Å². The highest BCUT2D eigenvalue weighted by Crippen LogP contribution is 2.18. The fourth-order valence-corrected chi connectivity index (χ4v) is 2.55. The second-order valence-corrected chi connectivity index (χ2v) is 4.78. The van der Waals surface area contributed by atoms with Crippen molar-refractivity contribution in [2.75, 3.05) is 6.67 Å². The Labute approximate surface area is 113 Å². The molecular weight excluding hydrogens is 271 g/mol. The first-order valence-corrected chi connectivity index (χ1v) is 6.95. The van der Waals surface area contributed by atoms with Gasteiger partial charge in [0.15, 0.2) is 5.16 Å². The molecule has 2 aromatic heterocycles. The number of hydrogen-bond donors (Lipinski definition) is 1. The van der Waals surface area contributed by atoms with Crippen LogP contribution in [0.1, 0.15) is 19.2 Å². The third kappa shape index (κ3) is 3.22. The molecule has 0 fully saturated rings. The van der Waals surface area contributed by atoms with Gasteiger partial charge in [0.1, 0.15) is 18.8 Å². The third-order valence-corrected chi connectivity index (χ3v) is 3.47. The molecule has 7 nitrogen and oxygen atoms in total. The lowest BCUT2D eigenvalue weighted by atomic mass is 10.5. The van der Waals surface area contributed by atoms with Gasteiger partial charge in [0.25, 0.3) is 0 Å². The highest BCUT2D eigenvalue weighted by atomic mass is 32.2. The highest BCUT2D eigenvalue weighted by Gasteiger charge is 2.11. The Balaban J connectivity index is 2.06. The summed E-state index contributed by atoms with van der Waals surface area (Å²) in [5, 5.41) is 10.9. The molecule has 0 spiro atoms. The summed E-state index contributed by atoms with van der Waals surface area (Å²) in [5.41, 5.74) is -0.213. The van der Waals surface area contributed by atoms with Crippen LogP contribution in [-0.4, -0.2) is 36.2 Å². The van der Waals surface area contributed by atoms with Gasteiger partial charge in [-0.25, -0.2) is 23.9 Å². The van der Waals surface area contributed by atoms with E-state index in [9.17, 15) is 9.18 Å². The van der Waals surface area contributed by atoms with E-state index in [1.165, 1.54) is 22.8 Å². The van der Waals surface area contributed by atoms with Gasteiger partial charge >= 0.3 is 5.69 Å². The molecule has 2 heterocycles. The van der Waals surface area contributed by atoms with E-state index in [-0.39, 0.29) is 12.2 Å². The zero-order valence-corrected chi connectivity index (χ0v) is 11.4. The first-order chi connectivity index (χ1) is 9.26. The molecule has 9 heteroatoms. The zero-order valence-electron chi connectivity index (χ0n) is 10.5. The molecular formula is C10H15FN6OS. The number of nitrogens with zero attached hydrogens (tertiary/aromatic N) is 5. The minimum absolute atomic E-state index is 0.193. The molecule has 0 aliphatic carbocycles. The first kappa shape index (κ1) is 13.8. The van der Waals surface area contributed by atoms with Crippen molar-refractivity contribution in [2.24, 2.45) is 0 Å². The molecule has 1 N–H and O–H groups in total. The van der Waals surface area contributed by atoms with Crippen molar-refractivity contribution in [3.05, 3.63) is 22.6 Å². The Morgan fingerprint density at radius 2 is 2.32 bits per heavy atom. The van der Waals surface area contributed by atoms with Gasteiger partial charge in [0.2, 0.25) is 0 Å². The maximum absolute atomic E-state index is 12.3. The summed E-state index contributed by atoms with van der Waals surface area (Å²) in [6, 6.07) is 0. The minimum Gasteiger partial charge on any atom is -0.270 e. The van der Waals surface area contributed by atoms with Crippen molar-refractivity contribution in [1.29, 1.82) is 0 Å². The molecule has 0 saturated carbocycles. The Morgan fingerprint density at radius 3 is 3.05 bits per heavy atom. The smallest absolute Gasteiger partial charge is 0.270 e. The molecule has 0 saturated heterocycles. The average molecular weight is 286 g/mol. The minimum atomic E-state index is -0.482. The van der Waals surface area contributed by atoms with Crippen LogP contribution < -0.4 is 5.69 Å². The second kappa shape index (κ2) is 6.50. The summed E-state index contributed by atoms with van der Waals surface area (Å²) in [6.45, 7) is 2.32. The number of halogens is 1. The number of nitrogens with one attached hydrogen (secondary N) is 1. The SMILES string of the molecule is CCCn1c(SCc2ncnn2CCF)n[nH]c1=O. The molecule has 2 rings (SSSR count). The number of aryl methyl sites for hydroxylation is 1. The van der Waals surface area contributed by atoms with Crippen LogP contribution in [0.15, 0.2) is 16.3 Å². The standard InChI is InChI=1S/C10H15FN6OS/c1-2-4-16-9(18)14-15-10(16)19-6-8-12-7-13-17(8)5-3-11/h7H,2-6H2,1H3,(H,14,18). The lowest BCUT2D eigenvalue weighted by molar-refractivity contribution is 0.421. The summed E-state index contributed by atoms with van der Waals surface area (Å²) in [6.07, 6.45) is 2.25. The van der Waals surface area contributed by atoms with E-state index in [0.717, 1.165) is 6.42 Å². The molecule has 0 amide bonds. The normalized spacial score (nSPS) is 11.1. The number of aromatic nitrogens is 6. The van der Waals surface area contributed by atoms with E-state index in [0.29, 0.717) is 23.3 Å². The topological polar surface area (TPSA) is 81.4 Å². The molecule has 2 aromatic rings. The Hall–Kier alpha value is -1.64. The van der Waals surface area contributed by atoms with Crippen LogP contribution >= 0.6 is 11.8 Å². The Morgan fingerprint density at radius 1 is 1.47 bits per heavy atom. The Kier molecular flexibility index (Phi) is 4.72. The van der Waals surface area contributed by atoms with E-state index in [1.807, 2.05) is 6.92 Å². The summed E-state index contributed by atoms with van der Waals surface area (Å²) in [5.74, 6) is 1.16. The number of rotatable bonds is 7. The van der Waals surface area contributed by atoms with Crippen molar-refractivity contribution in [1.82, 2.24) is 29.5 Å². The van der Waals surface area contributed by atoms with E-state index in [1.54, 1.807) is 4.57 Å². The zero-order chi connectivity index (χ0) is 13.7. The maximum Gasteiger partial charge on any atom is 0.343 e. The van der Waals surface area contributed by atoms with E-state index in [4.69, 9.17) is 0 Å². The summed E-state index contributed by atoms with van der Waals surface area (Å²) < 4.78 is 15.4. The van der Waals surface area contributed by atoms with E-state index >= 15 is 0 Å². The molecule has 0 unspecified atom stereocenters. The van der Waals surface area contributed by atoms with Crippen molar-refractivity contribution in [3.63, 3.8) is 0 Å². The van der Waals surface area contributed by atoms with Gasteiger partial charge in [-0.2, -0.15) is 5.10 Å². The van der Waals surface area contributed by atoms with Crippen molar-refractivity contribution < 1.29 is 4.39 Å². The van der Waals surface area contributed by atoms with Crippen LogP contribution in [0.4, 0.5) is 4.39 Å². The fraction of sp³-hybridized carbons (Fsp3) is 0.600. The average Bonchev–Trinajstić information content (AvgIpc) is 2.97. The van der Waals surface area contributed by atoms with Crippen molar-refractivity contribution in [2.45, 2.75) is 37.3 Å². The lowest BCUT2D eigenvalue weighted by Crippen LogP contribution is -2.17. The van der Waals surface area contributed by atoms with Crippen LogP contribution in [0.25, 0.3) is 0 Å². The van der Waals surface area contributed by atoms with Crippen LogP contribution in [0, 0.1) is 0 Å². The van der Waals surface area contributed by atoms with Gasteiger partial charge in [0.05, 0.1) is 12.3 Å². The van der Waals surface area contributed by atoms with Crippen molar-refractivity contribution >= 4 is 11.8 Å². The predicted molar refractivity (Wildman–Crippen MR) is 68.7 cm³/mol. The van der Waals surface area contributed by atoms with E-state index in [2.05, 4.69) is 20.3 Å². The number of thioether (sulfide) groups is 1. The maximum atomic E-state index is 12.3. The predicted octanol–water partition coefficient (Wildman–Crippen LogP) is 0.835. The quantitative estimate of drug-likeness (QED) is 0.763. The Bertz CT molecular complexity index is 577. The first-order valence-electron chi connectivity index (χ1n) is 5.97. The van der Waals surface area contributed by atoms with Crippen LogP contribution in [0.5, 0.6) is 0 Å². The van der Waals surface area contributed by atoms with Crippen LogP contribution in [-0.2, 0) is 18.8 Å². The number of alkyl halides is 1. The van der Waals surface area contributed by atoms with Crippen LogP contribution in [0.2, 0.25) is 0 Å². The van der Waals surface area contributed by atoms with Gasteiger partial charge in [-0.15, -0.1) is 5.10 Å². The lowest BCUT2D eigenvalue weighted by Gasteiger charge is -2.04. The summed E-state index contributed by atoms with van der Waals surface area (Å²) in [4.78, 5) is 15.6. The van der Waals surface area contributed by atoms with Gasteiger partial charge < -0.3 is 0 Å². The van der Waals surface area contributed by atoms with Gasteiger partial charge in [-0.1, -0.05) is 18.7 Å².